The highest BCUT2D eigenvalue weighted by Crippen LogP contribution is 2.25. The predicted octanol–water partition coefficient (Wildman–Crippen LogP) is 2.02. The highest BCUT2D eigenvalue weighted by Gasteiger charge is 2.08. The molecule has 2 N–H and O–H groups in total. The van der Waals surface area contributed by atoms with E-state index in [1.807, 2.05) is 13.8 Å². The number of hydrogen-bond acceptors (Lipinski definition) is 7. The molecule has 0 amide bonds. The second-order valence-electron chi connectivity index (χ2n) is 2.94. The lowest BCUT2D eigenvalue weighted by atomic mass is 10.4. The summed E-state index contributed by atoms with van der Waals surface area (Å²) in [7, 11) is 0. The van der Waals surface area contributed by atoms with Crippen LogP contribution >= 0.6 is 23.1 Å². The molecule has 0 aliphatic heterocycles. The minimum atomic E-state index is 0.491. The van der Waals surface area contributed by atoms with E-state index in [-0.39, 0.29) is 0 Å². The fraction of sp³-hybridized carbons (Fsp3) is 0.375. The monoisotopic (exact) mass is 242 g/mol. The lowest BCUT2D eigenvalue weighted by molar-refractivity contribution is 0.431. The highest BCUT2D eigenvalue weighted by atomic mass is 32.2. The van der Waals surface area contributed by atoms with Gasteiger partial charge >= 0.3 is 0 Å². The topological polar surface area (TPSA) is 77.8 Å². The summed E-state index contributed by atoms with van der Waals surface area (Å²) < 4.78 is 5.42. The molecule has 0 bridgehead atoms. The van der Waals surface area contributed by atoms with Crippen molar-refractivity contribution >= 4 is 28.2 Å². The molecule has 0 saturated carbocycles. The van der Waals surface area contributed by atoms with Gasteiger partial charge in [0, 0.05) is 0 Å². The molecule has 15 heavy (non-hydrogen) atoms. The number of aryl methyl sites for hydroxylation is 2. The van der Waals surface area contributed by atoms with Gasteiger partial charge in [-0.05, 0) is 13.8 Å². The van der Waals surface area contributed by atoms with Crippen molar-refractivity contribution in [2.24, 2.45) is 0 Å². The van der Waals surface area contributed by atoms with Gasteiger partial charge < -0.3 is 10.2 Å². The molecule has 0 aliphatic rings. The fourth-order valence-corrected chi connectivity index (χ4v) is 2.46. The van der Waals surface area contributed by atoms with Crippen LogP contribution in [0.15, 0.2) is 9.64 Å². The van der Waals surface area contributed by atoms with Crippen LogP contribution in [0.1, 0.15) is 16.5 Å². The molecule has 0 unspecified atom stereocenters. The summed E-state index contributed by atoms with van der Waals surface area (Å²) >= 11 is 2.88. The van der Waals surface area contributed by atoms with Crippen molar-refractivity contribution in [3.05, 3.63) is 16.5 Å². The van der Waals surface area contributed by atoms with Crippen molar-refractivity contribution in [2.45, 2.75) is 24.8 Å². The molecule has 5 nitrogen and oxygen atoms in total. The Morgan fingerprint density at radius 1 is 1.40 bits per heavy atom. The summed E-state index contributed by atoms with van der Waals surface area (Å²) in [6.07, 6.45) is 0. The first kappa shape index (κ1) is 10.4. The van der Waals surface area contributed by atoms with Crippen molar-refractivity contribution in [1.29, 1.82) is 0 Å². The van der Waals surface area contributed by atoms with Gasteiger partial charge in [-0.25, -0.2) is 4.98 Å². The van der Waals surface area contributed by atoms with Gasteiger partial charge in [-0.3, -0.25) is 0 Å². The van der Waals surface area contributed by atoms with Crippen molar-refractivity contribution in [3.63, 3.8) is 0 Å². The third-order valence-corrected chi connectivity index (χ3v) is 3.58. The zero-order chi connectivity index (χ0) is 10.8. The smallest absolute Gasteiger partial charge is 0.256 e. The largest absolute Gasteiger partial charge is 0.437 e. The Labute approximate surface area is 95.1 Å². The number of anilines is 1. The Kier molecular flexibility index (Phi) is 2.92. The van der Waals surface area contributed by atoms with Gasteiger partial charge in [-0.15, -0.1) is 10.2 Å². The molecule has 2 heterocycles. The number of thioether (sulfide) groups is 1. The van der Waals surface area contributed by atoms with E-state index in [1.54, 1.807) is 0 Å². The summed E-state index contributed by atoms with van der Waals surface area (Å²) in [5.41, 5.74) is 6.40. The van der Waals surface area contributed by atoms with Gasteiger partial charge in [0.1, 0.15) is 10.8 Å². The molecule has 0 spiro atoms. The van der Waals surface area contributed by atoms with E-state index in [0.29, 0.717) is 16.1 Å². The molecule has 2 aromatic rings. The van der Waals surface area contributed by atoms with Crippen LogP contribution in [0.25, 0.3) is 0 Å². The van der Waals surface area contributed by atoms with Gasteiger partial charge in [0.05, 0.1) is 11.4 Å². The molecule has 7 heteroatoms. The predicted molar refractivity (Wildman–Crippen MR) is 59.9 cm³/mol. The first-order valence-electron chi connectivity index (χ1n) is 4.30. The highest BCUT2D eigenvalue weighted by molar-refractivity contribution is 7.98. The van der Waals surface area contributed by atoms with Crippen LogP contribution in [-0.4, -0.2) is 15.2 Å². The molecule has 0 aliphatic carbocycles. The van der Waals surface area contributed by atoms with Gasteiger partial charge in [0.15, 0.2) is 0 Å². The molecule has 0 saturated heterocycles. The van der Waals surface area contributed by atoms with Gasteiger partial charge in [-0.1, -0.05) is 23.1 Å². The fourth-order valence-electron chi connectivity index (χ4n) is 0.953. The Bertz CT molecular complexity index is 445. The Morgan fingerprint density at radius 2 is 2.20 bits per heavy atom. The molecule has 0 radical (unpaired) electrons. The van der Waals surface area contributed by atoms with E-state index in [2.05, 4.69) is 15.2 Å². The van der Waals surface area contributed by atoms with Crippen LogP contribution < -0.4 is 5.73 Å². The number of oxazole rings is 1. The van der Waals surface area contributed by atoms with Crippen molar-refractivity contribution < 1.29 is 4.42 Å². The maximum absolute atomic E-state index is 5.47. The first-order valence-corrected chi connectivity index (χ1v) is 6.10. The standard InChI is InChI=1S/C8H10N4OS2/c1-4-5(2)13-8(10-4)14-3-6-11-12-7(9)15-6/h3H2,1-2H3,(H2,9,12). The summed E-state index contributed by atoms with van der Waals surface area (Å²) in [6, 6.07) is 0. The maximum Gasteiger partial charge on any atom is 0.256 e. The Hall–Kier alpha value is -1.08. The number of nitrogens with two attached hydrogens (primary N) is 1. The summed E-state index contributed by atoms with van der Waals surface area (Å²) in [5.74, 6) is 1.54. The SMILES string of the molecule is Cc1nc(SCc2nnc(N)s2)oc1C. The van der Waals surface area contributed by atoms with Crippen molar-refractivity contribution in [1.82, 2.24) is 15.2 Å². The molecule has 0 aromatic carbocycles. The maximum atomic E-state index is 5.47. The van der Waals surface area contributed by atoms with Crippen LogP contribution in [0.2, 0.25) is 0 Å². The number of hydrogen-bond donors (Lipinski definition) is 1. The van der Waals surface area contributed by atoms with Crippen LogP contribution in [0.5, 0.6) is 0 Å². The Morgan fingerprint density at radius 3 is 2.73 bits per heavy atom. The van der Waals surface area contributed by atoms with Gasteiger partial charge in [0.2, 0.25) is 5.13 Å². The lowest BCUT2D eigenvalue weighted by Gasteiger charge is -1.90. The molecule has 2 rings (SSSR count). The van der Waals surface area contributed by atoms with E-state index in [4.69, 9.17) is 10.2 Å². The molecular formula is C8H10N4OS2. The van der Waals surface area contributed by atoms with Gasteiger partial charge in [0.25, 0.3) is 5.22 Å². The minimum Gasteiger partial charge on any atom is -0.437 e. The second kappa shape index (κ2) is 4.19. The van der Waals surface area contributed by atoms with E-state index in [9.17, 15) is 0 Å². The zero-order valence-corrected chi connectivity index (χ0v) is 9.98. The van der Waals surface area contributed by atoms with E-state index < -0.39 is 0 Å². The quantitative estimate of drug-likeness (QED) is 0.830. The van der Waals surface area contributed by atoms with Gasteiger partial charge in [-0.2, -0.15) is 0 Å². The molecular weight excluding hydrogens is 232 g/mol. The van der Waals surface area contributed by atoms with Crippen LogP contribution in [-0.2, 0) is 5.75 Å². The van der Waals surface area contributed by atoms with Crippen LogP contribution in [0.4, 0.5) is 5.13 Å². The Balaban J connectivity index is 1.99. The van der Waals surface area contributed by atoms with E-state index in [0.717, 1.165) is 16.5 Å². The summed E-state index contributed by atoms with van der Waals surface area (Å²) in [5, 5.41) is 9.68. The normalized spacial score (nSPS) is 10.8. The molecule has 0 atom stereocenters. The minimum absolute atomic E-state index is 0.491. The zero-order valence-electron chi connectivity index (χ0n) is 8.35. The van der Waals surface area contributed by atoms with E-state index in [1.165, 1.54) is 23.1 Å². The average molecular weight is 242 g/mol. The number of nitrogen functional groups attached to an aromatic ring is 1. The van der Waals surface area contributed by atoms with E-state index >= 15 is 0 Å². The summed E-state index contributed by atoms with van der Waals surface area (Å²) in [6.45, 7) is 3.82. The average Bonchev–Trinajstić information content (AvgIpc) is 2.72. The third-order valence-electron chi connectivity index (χ3n) is 1.81. The second-order valence-corrected chi connectivity index (χ2v) is 4.96. The molecule has 2 aromatic heterocycles. The number of nitrogens with zero attached hydrogens (tertiary/aromatic N) is 3. The summed E-state index contributed by atoms with van der Waals surface area (Å²) in [4.78, 5) is 4.25. The lowest BCUT2D eigenvalue weighted by Crippen LogP contribution is -1.81. The first-order chi connectivity index (χ1) is 7.15. The van der Waals surface area contributed by atoms with Crippen LogP contribution in [0.3, 0.4) is 0 Å². The third kappa shape index (κ3) is 2.48. The number of rotatable bonds is 3. The van der Waals surface area contributed by atoms with Crippen LogP contribution in [0, 0.1) is 13.8 Å². The number of aromatic nitrogens is 3. The van der Waals surface area contributed by atoms with Crippen molar-refractivity contribution in [2.75, 3.05) is 5.73 Å². The molecule has 0 fully saturated rings. The van der Waals surface area contributed by atoms with Crippen molar-refractivity contribution in [3.8, 4) is 0 Å². The molecule has 80 valence electrons.